The van der Waals surface area contributed by atoms with Gasteiger partial charge in [-0.3, -0.25) is 4.31 Å². The molecule has 200 valence electrons. The van der Waals surface area contributed by atoms with Crippen LogP contribution in [0, 0.1) is 11.6 Å². The second-order valence-electron chi connectivity index (χ2n) is 9.61. The predicted molar refractivity (Wildman–Crippen MR) is 141 cm³/mol. The smallest absolute Gasteiger partial charge is 0.320 e. The number of hydrogen-bond donors (Lipinski definition) is 0. The van der Waals surface area contributed by atoms with Crippen LogP contribution in [0.4, 0.5) is 19.3 Å². The fourth-order valence-corrected chi connectivity index (χ4v) is 7.11. The summed E-state index contributed by atoms with van der Waals surface area (Å²) in [5.74, 6) is -1.62. The number of anilines is 1. The molecule has 37 heavy (non-hydrogen) atoms. The Bertz CT molecular complexity index is 1220. The summed E-state index contributed by atoms with van der Waals surface area (Å²) >= 11 is 5.95. The van der Waals surface area contributed by atoms with Crippen LogP contribution in [-0.2, 0) is 10.0 Å². The first-order valence-electron chi connectivity index (χ1n) is 12.6. The van der Waals surface area contributed by atoms with Gasteiger partial charge in [-0.25, -0.2) is 22.0 Å². The summed E-state index contributed by atoms with van der Waals surface area (Å²) in [6.07, 6.45) is 7.71. The van der Waals surface area contributed by atoms with Gasteiger partial charge in [0.1, 0.15) is 11.6 Å². The van der Waals surface area contributed by atoms with E-state index < -0.39 is 27.7 Å². The quantitative estimate of drug-likeness (QED) is 0.384. The van der Waals surface area contributed by atoms with Gasteiger partial charge in [-0.1, -0.05) is 36.9 Å². The highest BCUT2D eigenvalue weighted by atomic mass is 35.5. The first kappa shape index (κ1) is 27.4. The minimum Gasteiger partial charge on any atom is -0.323 e. The molecule has 1 saturated heterocycles. The molecule has 2 aliphatic rings. The highest BCUT2D eigenvalue weighted by Gasteiger charge is 2.39. The Morgan fingerprint density at radius 3 is 2.38 bits per heavy atom. The predicted octanol–water partition coefficient (Wildman–Crippen LogP) is 6.22. The van der Waals surface area contributed by atoms with E-state index in [4.69, 9.17) is 11.6 Å². The fourth-order valence-electron chi connectivity index (χ4n) is 5.31. The van der Waals surface area contributed by atoms with Gasteiger partial charge in [-0.05, 0) is 62.1 Å². The highest BCUT2D eigenvalue weighted by molar-refractivity contribution is 7.92. The van der Waals surface area contributed by atoms with Crippen molar-refractivity contribution in [2.45, 2.75) is 61.9 Å². The zero-order valence-electron chi connectivity index (χ0n) is 20.7. The van der Waals surface area contributed by atoms with Gasteiger partial charge in [-0.15, -0.1) is 6.58 Å². The Hall–Kier alpha value is -2.65. The Balaban J connectivity index is 1.68. The van der Waals surface area contributed by atoms with Crippen LogP contribution in [0.5, 0.6) is 0 Å². The van der Waals surface area contributed by atoms with Crippen molar-refractivity contribution < 1.29 is 22.0 Å². The standard InChI is InChI=1S/C27H32ClF2N3O3S/c1-2-16-32(22-7-4-3-5-8-22)27(34)31-17-6-9-23(19-31)33(26-18-21(29)12-15-25(26)30)37(35,36)24-13-10-20(28)11-14-24/h2,10-15,18,22-23H,1,3-9,16-17,19H2. The molecule has 1 unspecified atom stereocenters. The van der Waals surface area contributed by atoms with Crippen LogP contribution in [-0.4, -0.2) is 56.0 Å². The van der Waals surface area contributed by atoms with E-state index in [-0.39, 0.29) is 29.2 Å². The van der Waals surface area contributed by atoms with E-state index in [2.05, 4.69) is 6.58 Å². The maximum absolute atomic E-state index is 15.0. The number of amides is 2. The molecular formula is C27H32ClF2N3O3S. The van der Waals surface area contributed by atoms with Crippen LogP contribution in [0.25, 0.3) is 0 Å². The second kappa shape index (κ2) is 11.8. The first-order chi connectivity index (χ1) is 17.7. The number of halogens is 3. The number of likely N-dealkylation sites (tertiary alicyclic amines) is 1. The molecule has 0 N–H and O–H groups in total. The number of nitrogens with zero attached hydrogens (tertiary/aromatic N) is 3. The Morgan fingerprint density at radius 2 is 1.70 bits per heavy atom. The third-order valence-electron chi connectivity index (χ3n) is 7.10. The number of hydrogen-bond acceptors (Lipinski definition) is 3. The zero-order valence-corrected chi connectivity index (χ0v) is 22.2. The minimum absolute atomic E-state index is 0.0575. The maximum Gasteiger partial charge on any atom is 0.320 e. The van der Waals surface area contributed by atoms with Crippen molar-refractivity contribution in [1.29, 1.82) is 0 Å². The number of rotatable bonds is 7. The molecular weight excluding hydrogens is 520 g/mol. The number of carbonyl (C=O) groups excluding carboxylic acids is 1. The molecule has 2 amide bonds. The molecule has 2 fully saturated rings. The summed E-state index contributed by atoms with van der Waals surface area (Å²) in [7, 11) is -4.31. The average Bonchev–Trinajstić information content (AvgIpc) is 2.90. The van der Waals surface area contributed by atoms with Crippen molar-refractivity contribution in [2.75, 3.05) is 23.9 Å². The molecule has 1 atom stereocenters. The van der Waals surface area contributed by atoms with Gasteiger partial charge in [-0.2, -0.15) is 0 Å². The molecule has 2 aromatic carbocycles. The number of sulfonamides is 1. The number of carbonyl (C=O) groups is 1. The van der Waals surface area contributed by atoms with Crippen LogP contribution in [0.1, 0.15) is 44.9 Å². The van der Waals surface area contributed by atoms with Gasteiger partial charge in [0.15, 0.2) is 0 Å². The molecule has 1 aliphatic carbocycles. The third kappa shape index (κ3) is 6.09. The van der Waals surface area contributed by atoms with E-state index in [9.17, 15) is 17.6 Å². The van der Waals surface area contributed by atoms with E-state index in [1.807, 2.05) is 4.90 Å². The Labute approximate surface area is 222 Å². The molecule has 2 aromatic rings. The van der Waals surface area contributed by atoms with Crippen molar-refractivity contribution in [3.05, 3.63) is 71.8 Å². The Morgan fingerprint density at radius 1 is 1.03 bits per heavy atom. The normalized spacial score (nSPS) is 18.9. The Kier molecular flexibility index (Phi) is 8.75. The van der Waals surface area contributed by atoms with Gasteiger partial charge in [0.25, 0.3) is 10.0 Å². The van der Waals surface area contributed by atoms with Crippen LogP contribution in [0.3, 0.4) is 0 Å². The van der Waals surface area contributed by atoms with Crippen molar-refractivity contribution in [3.63, 3.8) is 0 Å². The zero-order chi connectivity index (χ0) is 26.6. The summed E-state index contributed by atoms with van der Waals surface area (Å²) in [5, 5.41) is 0.349. The van der Waals surface area contributed by atoms with E-state index in [0.717, 1.165) is 54.6 Å². The molecule has 0 spiro atoms. The monoisotopic (exact) mass is 551 g/mol. The van der Waals surface area contributed by atoms with Gasteiger partial charge in [0, 0.05) is 36.8 Å². The van der Waals surface area contributed by atoms with Crippen LogP contribution in [0.2, 0.25) is 5.02 Å². The third-order valence-corrected chi connectivity index (χ3v) is 9.23. The molecule has 1 heterocycles. The molecule has 0 bridgehead atoms. The lowest BCUT2D eigenvalue weighted by Gasteiger charge is -2.43. The molecule has 0 aromatic heterocycles. The second-order valence-corrected chi connectivity index (χ2v) is 11.9. The largest absolute Gasteiger partial charge is 0.323 e. The number of urea groups is 1. The van der Waals surface area contributed by atoms with Crippen molar-refractivity contribution in [3.8, 4) is 0 Å². The molecule has 1 saturated carbocycles. The highest BCUT2D eigenvalue weighted by Crippen LogP contribution is 2.33. The van der Waals surface area contributed by atoms with Crippen molar-refractivity contribution in [1.82, 2.24) is 9.80 Å². The first-order valence-corrected chi connectivity index (χ1v) is 14.5. The molecule has 4 rings (SSSR count). The summed E-state index contributed by atoms with van der Waals surface area (Å²) in [6.45, 7) is 4.72. The fraction of sp³-hybridized carbons (Fsp3) is 0.444. The van der Waals surface area contributed by atoms with E-state index in [1.54, 1.807) is 11.0 Å². The lowest BCUT2D eigenvalue weighted by Crippen LogP contribution is -2.56. The minimum atomic E-state index is -4.31. The van der Waals surface area contributed by atoms with E-state index >= 15 is 4.39 Å². The van der Waals surface area contributed by atoms with Gasteiger partial charge < -0.3 is 9.80 Å². The van der Waals surface area contributed by atoms with Crippen molar-refractivity contribution >= 4 is 33.3 Å². The maximum atomic E-state index is 15.0. The molecule has 1 aliphatic heterocycles. The summed E-state index contributed by atoms with van der Waals surface area (Å²) in [4.78, 5) is 17.0. The van der Waals surface area contributed by atoms with Crippen molar-refractivity contribution in [2.24, 2.45) is 0 Å². The number of piperidine rings is 1. The van der Waals surface area contributed by atoms with Crippen LogP contribution in [0.15, 0.2) is 60.0 Å². The van der Waals surface area contributed by atoms with Crippen LogP contribution < -0.4 is 4.31 Å². The number of benzene rings is 2. The lowest BCUT2D eigenvalue weighted by molar-refractivity contribution is 0.116. The molecule has 10 heteroatoms. The van der Waals surface area contributed by atoms with Gasteiger partial charge >= 0.3 is 6.03 Å². The average molecular weight is 552 g/mol. The lowest BCUT2D eigenvalue weighted by atomic mass is 9.94. The van der Waals surface area contributed by atoms with Crippen LogP contribution >= 0.6 is 11.6 Å². The van der Waals surface area contributed by atoms with Gasteiger partial charge in [0.2, 0.25) is 0 Å². The molecule has 6 nitrogen and oxygen atoms in total. The topological polar surface area (TPSA) is 60.9 Å². The SMILES string of the molecule is C=CCN(C(=O)N1CCCC(N(c2cc(F)ccc2F)S(=O)(=O)c2ccc(Cl)cc2)C1)C1CCCCC1. The van der Waals surface area contributed by atoms with Gasteiger partial charge in [0.05, 0.1) is 16.6 Å². The summed E-state index contributed by atoms with van der Waals surface area (Å²) < 4.78 is 57.9. The van der Waals surface area contributed by atoms with E-state index in [1.165, 1.54) is 24.3 Å². The summed E-state index contributed by atoms with van der Waals surface area (Å²) in [5.41, 5.74) is -0.385. The molecule has 0 radical (unpaired) electrons. The van der Waals surface area contributed by atoms with E-state index in [0.29, 0.717) is 31.0 Å². The summed E-state index contributed by atoms with van der Waals surface area (Å²) in [6, 6.07) is 7.42.